The van der Waals surface area contributed by atoms with E-state index in [-0.39, 0.29) is 16.4 Å². The van der Waals surface area contributed by atoms with E-state index in [1.165, 1.54) is 12.1 Å². The standard InChI is InChI=1S/C13H17BrN2O4S/c14-11-4-3-10(6-12(11)21(15,18)19)13(17)16-7-9-2-1-5-20-8-9/h3-4,6,9H,1-2,5,7-8H2,(H,16,17)(H2,15,18,19). The molecule has 8 heteroatoms. The molecular formula is C13H17BrN2O4S. The maximum Gasteiger partial charge on any atom is 0.251 e. The van der Waals surface area contributed by atoms with E-state index in [0.717, 1.165) is 19.4 Å². The molecule has 1 saturated heterocycles. The van der Waals surface area contributed by atoms with E-state index in [1.807, 2.05) is 0 Å². The van der Waals surface area contributed by atoms with Gasteiger partial charge in [-0.15, -0.1) is 0 Å². The monoisotopic (exact) mass is 376 g/mol. The Balaban J connectivity index is 2.05. The highest BCUT2D eigenvalue weighted by molar-refractivity contribution is 9.10. The van der Waals surface area contributed by atoms with E-state index in [4.69, 9.17) is 9.88 Å². The van der Waals surface area contributed by atoms with Gasteiger partial charge in [-0.3, -0.25) is 4.79 Å². The van der Waals surface area contributed by atoms with Crippen LogP contribution in [0.15, 0.2) is 27.6 Å². The summed E-state index contributed by atoms with van der Waals surface area (Å²) in [6, 6.07) is 4.32. The number of sulfonamides is 1. The van der Waals surface area contributed by atoms with Crippen LogP contribution in [0.1, 0.15) is 23.2 Å². The predicted octanol–water partition coefficient (Wildman–Crippen LogP) is 1.25. The molecule has 0 aromatic heterocycles. The van der Waals surface area contributed by atoms with Gasteiger partial charge in [0.25, 0.3) is 5.91 Å². The number of hydrogen-bond donors (Lipinski definition) is 2. The van der Waals surface area contributed by atoms with E-state index in [0.29, 0.717) is 23.5 Å². The van der Waals surface area contributed by atoms with Crippen molar-refractivity contribution in [2.75, 3.05) is 19.8 Å². The number of amides is 1. The van der Waals surface area contributed by atoms with Gasteiger partial charge in [-0.25, -0.2) is 13.6 Å². The van der Waals surface area contributed by atoms with E-state index in [1.54, 1.807) is 6.07 Å². The van der Waals surface area contributed by atoms with Crippen LogP contribution in [-0.4, -0.2) is 34.1 Å². The second-order valence-corrected chi connectivity index (χ2v) is 7.37. The van der Waals surface area contributed by atoms with Gasteiger partial charge in [-0.2, -0.15) is 0 Å². The number of benzene rings is 1. The van der Waals surface area contributed by atoms with Gasteiger partial charge in [0.15, 0.2) is 0 Å². The second kappa shape index (κ2) is 6.87. The van der Waals surface area contributed by atoms with E-state index >= 15 is 0 Å². The van der Waals surface area contributed by atoms with Crippen LogP contribution in [0.25, 0.3) is 0 Å². The van der Waals surface area contributed by atoms with E-state index < -0.39 is 10.0 Å². The van der Waals surface area contributed by atoms with Crippen molar-refractivity contribution in [2.45, 2.75) is 17.7 Å². The number of nitrogens with two attached hydrogens (primary N) is 1. The first kappa shape index (κ1) is 16.4. The molecule has 1 aliphatic heterocycles. The van der Waals surface area contributed by atoms with Gasteiger partial charge in [-0.1, -0.05) is 0 Å². The largest absolute Gasteiger partial charge is 0.381 e. The lowest BCUT2D eigenvalue weighted by molar-refractivity contribution is 0.0536. The molecule has 0 aliphatic carbocycles. The van der Waals surface area contributed by atoms with Crippen molar-refractivity contribution < 1.29 is 17.9 Å². The van der Waals surface area contributed by atoms with Crippen LogP contribution in [-0.2, 0) is 14.8 Å². The summed E-state index contributed by atoms with van der Waals surface area (Å²) in [6.07, 6.45) is 2.01. The Morgan fingerprint density at radius 1 is 1.48 bits per heavy atom. The van der Waals surface area contributed by atoms with Gasteiger partial charge in [0.05, 0.1) is 11.5 Å². The van der Waals surface area contributed by atoms with Crippen LogP contribution >= 0.6 is 15.9 Å². The van der Waals surface area contributed by atoms with Gasteiger partial charge in [0, 0.05) is 23.2 Å². The molecule has 1 heterocycles. The van der Waals surface area contributed by atoms with Crippen molar-refractivity contribution >= 4 is 31.9 Å². The van der Waals surface area contributed by atoms with Gasteiger partial charge >= 0.3 is 0 Å². The second-order valence-electron chi connectivity index (χ2n) is 4.98. The molecule has 1 aromatic rings. The molecule has 1 atom stereocenters. The molecule has 1 aliphatic rings. The van der Waals surface area contributed by atoms with Gasteiger partial charge in [-0.05, 0) is 52.9 Å². The van der Waals surface area contributed by atoms with Crippen LogP contribution in [0, 0.1) is 5.92 Å². The highest BCUT2D eigenvalue weighted by Crippen LogP contribution is 2.22. The number of carbonyl (C=O) groups is 1. The topological polar surface area (TPSA) is 98.5 Å². The minimum atomic E-state index is -3.87. The van der Waals surface area contributed by atoms with Crippen LogP contribution in [0.5, 0.6) is 0 Å². The Labute approximate surface area is 132 Å². The number of rotatable bonds is 4. The summed E-state index contributed by atoms with van der Waals surface area (Å²) < 4.78 is 28.5. The molecule has 0 spiro atoms. The average molecular weight is 377 g/mol. The minimum absolute atomic E-state index is 0.101. The molecule has 0 bridgehead atoms. The molecule has 21 heavy (non-hydrogen) atoms. The molecule has 0 saturated carbocycles. The van der Waals surface area contributed by atoms with Crippen LogP contribution < -0.4 is 10.5 Å². The van der Waals surface area contributed by atoms with Crippen LogP contribution in [0.2, 0.25) is 0 Å². The summed E-state index contributed by atoms with van der Waals surface area (Å²) in [4.78, 5) is 12.0. The molecule has 1 unspecified atom stereocenters. The van der Waals surface area contributed by atoms with Gasteiger partial charge < -0.3 is 10.1 Å². The lowest BCUT2D eigenvalue weighted by Gasteiger charge is -2.22. The van der Waals surface area contributed by atoms with Crippen LogP contribution in [0.4, 0.5) is 0 Å². The first-order valence-corrected chi connectivity index (χ1v) is 8.90. The third kappa shape index (κ3) is 4.50. The van der Waals surface area contributed by atoms with Gasteiger partial charge in [0.1, 0.15) is 0 Å². The highest BCUT2D eigenvalue weighted by atomic mass is 79.9. The summed E-state index contributed by atoms with van der Waals surface area (Å²) in [6.45, 7) is 1.93. The number of ether oxygens (including phenoxy) is 1. The lowest BCUT2D eigenvalue weighted by atomic mass is 10.0. The molecule has 1 aromatic carbocycles. The fourth-order valence-corrected chi connectivity index (χ4v) is 3.72. The quantitative estimate of drug-likeness (QED) is 0.825. The van der Waals surface area contributed by atoms with Crippen molar-refractivity contribution in [3.05, 3.63) is 28.2 Å². The van der Waals surface area contributed by atoms with Crippen molar-refractivity contribution in [2.24, 2.45) is 11.1 Å². The number of hydrogen-bond acceptors (Lipinski definition) is 4. The number of primary sulfonamides is 1. The fraction of sp³-hybridized carbons (Fsp3) is 0.462. The molecule has 1 fully saturated rings. The molecule has 6 nitrogen and oxygen atoms in total. The normalized spacial score (nSPS) is 19.2. The van der Waals surface area contributed by atoms with Crippen molar-refractivity contribution in [3.63, 3.8) is 0 Å². The van der Waals surface area contributed by atoms with E-state index in [2.05, 4.69) is 21.2 Å². The Bertz CT molecular complexity index is 627. The Hall–Kier alpha value is -0.960. The molecule has 3 N–H and O–H groups in total. The Morgan fingerprint density at radius 3 is 2.86 bits per heavy atom. The first-order valence-electron chi connectivity index (χ1n) is 6.56. The molecule has 1 amide bonds. The summed E-state index contributed by atoms with van der Waals surface area (Å²) in [5.41, 5.74) is 0.263. The zero-order valence-electron chi connectivity index (χ0n) is 11.3. The summed E-state index contributed by atoms with van der Waals surface area (Å²) in [7, 11) is -3.87. The zero-order valence-corrected chi connectivity index (χ0v) is 13.7. The number of carbonyl (C=O) groups excluding carboxylic acids is 1. The summed E-state index contributed by atoms with van der Waals surface area (Å²) >= 11 is 3.11. The summed E-state index contributed by atoms with van der Waals surface area (Å²) in [5, 5.41) is 7.91. The maximum atomic E-state index is 12.1. The van der Waals surface area contributed by atoms with Gasteiger partial charge in [0.2, 0.25) is 10.0 Å². The minimum Gasteiger partial charge on any atom is -0.381 e. The molecule has 2 rings (SSSR count). The molecule has 116 valence electrons. The average Bonchev–Trinajstić information content (AvgIpc) is 2.45. The Kier molecular flexibility index (Phi) is 5.37. The lowest BCUT2D eigenvalue weighted by Crippen LogP contribution is -2.33. The fourth-order valence-electron chi connectivity index (χ4n) is 2.17. The number of nitrogens with one attached hydrogen (secondary N) is 1. The number of halogens is 1. The zero-order chi connectivity index (χ0) is 15.5. The summed E-state index contributed by atoms with van der Waals surface area (Å²) in [5.74, 6) is -0.0196. The predicted molar refractivity (Wildman–Crippen MR) is 81.4 cm³/mol. The maximum absolute atomic E-state index is 12.1. The van der Waals surface area contributed by atoms with Crippen molar-refractivity contribution in [1.82, 2.24) is 5.32 Å². The van der Waals surface area contributed by atoms with Crippen LogP contribution in [0.3, 0.4) is 0 Å². The first-order chi connectivity index (χ1) is 9.88. The third-order valence-electron chi connectivity index (χ3n) is 3.31. The van der Waals surface area contributed by atoms with Crippen molar-refractivity contribution in [1.29, 1.82) is 0 Å². The third-order valence-corrected chi connectivity index (χ3v) is 5.21. The SMILES string of the molecule is NS(=O)(=O)c1cc(C(=O)NCC2CCCOC2)ccc1Br. The Morgan fingerprint density at radius 2 is 2.24 bits per heavy atom. The molecule has 0 radical (unpaired) electrons. The molecular weight excluding hydrogens is 360 g/mol. The van der Waals surface area contributed by atoms with E-state index in [9.17, 15) is 13.2 Å². The van der Waals surface area contributed by atoms with Crippen molar-refractivity contribution in [3.8, 4) is 0 Å². The smallest absolute Gasteiger partial charge is 0.251 e. The highest BCUT2D eigenvalue weighted by Gasteiger charge is 2.18.